The predicted molar refractivity (Wildman–Crippen MR) is 142 cm³/mol. The molecule has 0 amide bonds. The molecule has 0 saturated carbocycles. The first kappa shape index (κ1) is 28.8. The van der Waals surface area contributed by atoms with Crippen LogP contribution in [0.5, 0.6) is 5.75 Å². The van der Waals surface area contributed by atoms with Crippen molar-refractivity contribution in [1.29, 1.82) is 0 Å². The van der Waals surface area contributed by atoms with Crippen LogP contribution in [0.15, 0.2) is 79.4 Å². The third-order valence-corrected chi connectivity index (χ3v) is 6.68. The quantitative estimate of drug-likeness (QED) is 0.237. The summed E-state index contributed by atoms with van der Waals surface area (Å²) in [6.07, 6.45) is 5.71. The fourth-order valence-electron chi connectivity index (χ4n) is 3.61. The highest BCUT2D eigenvalue weighted by Crippen LogP contribution is 2.30. The van der Waals surface area contributed by atoms with Gasteiger partial charge in [-0.1, -0.05) is 76.2 Å². The Balaban J connectivity index is 0.00000361. The second-order valence-corrected chi connectivity index (χ2v) is 9.90. The highest BCUT2D eigenvalue weighted by Gasteiger charge is 2.20. The molecular formula is C27H25BrCl4N2O2. The van der Waals surface area contributed by atoms with Crippen LogP contribution in [0, 0.1) is 6.92 Å². The van der Waals surface area contributed by atoms with E-state index in [9.17, 15) is 0 Å². The zero-order valence-electron chi connectivity index (χ0n) is 19.5. The molecule has 4 rings (SSSR count). The van der Waals surface area contributed by atoms with Gasteiger partial charge in [-0.15, -0.1) is 0 Å². The van der Waals surface area contributed by atoms with E-state index in [4.69, 9.17) is 55.9 Å². The molecule has 0 aliphatic carbocycles. The zero-order chi connectivity index (χ0) is 24.8. The molecule has 0 bridgehead atoms. The molecule has 1 aromatic heterocycles. The van der Waals surface area contributed by atoms with Gasteiger partial charge in [0, 0.05) is 25.7 Å². The van der Waals surface area contributed by atoms with Gasteiger partial charge < -0.3 is 26.5 Å². The van der Waals surface area contributed by atoms with E-state index >= 15 is 0 Å². The average Bonchev–Trinajstić information content (AvgIpc) is 3.26. The molecule has 0 N–H and O–H groups in total. The van der Waals surface area contributed by atoms with Gasteiger partial charge in [-0.3, -0.25) is 0 Å². The normalized spacial score (nSPS) is 11.7. The molecule has 0 aliphatic heterocycles. The summed E-state index contributed by atoms with van der Waals surface area (Å²) in [5.74, 6) is 0.863. The van der Waals surface area contributed by atoms with Gasteiger partial charge in [0.1, 0.15) is 43.9 Å². The third-order valence-electron chi connectivity index (χ3n) is 5.53. The zero-order valence-corrected chi connectivity index (χ0v) is 24.1. The van der Waals surface area contributed by atoms with Crippen LogP contribution >= 0.6 is 46.4 Å². The standard InChI is InChI=1S/C27H25Cl4N2O2.BrH/c1-19-2-7-23(8-3-19)34-13-12-32-10-11-33(18-32)16-27(24-9-6-22(29)15-26(24)31)35-17-20-4-5-21(28)14-25(20)30;/h2-11,14-15,18,27H,12-13,16-17H2,1H3;1H/q+1;/p-1. The predicted octanol–water partition coefficient (Wildman–Crippen LogP) is 4.74. The molecule has 0 saturated heterocycles. The van der Waals surface area contributed by atoms with Crippen LogP contribution < -0.4 is 26.3 Å². The van der Waals surface area contributed by atoms with Crippen molar-refractivity contribution in [3.63, 3.8) is 0 Å². The van der Waals surface area contributed by atoms with Gasteiger partial charge in [0.05, 0.1) is 6.61 Å². The Morgan fingerprint density at radius 3 is 2.28 bits per heavy atom. The van der Waals surface area contributed by atoms with Gasteiger partial charge in [0.25, 0.3) is 0 Å². The molecular weight excluding hydrogens is 606 g/mol. The summed E-state index contributed by atoms with van der Waals surface area (Å²) >= 11 is 25.0. The second kappa shape index (κ2) is 13.7. The van der Waals surface area contributed by atoms with Crippen LogP contribution in [-0.2, 0) is 24.4 Å². The highest BCUT2D eigenvalue weighted by atomic mass is 79.9. The fraction of sp³-hybridized carbons (Fsp3) is 0.222. The number of ether oxygens (including phenoxy) is 2. The van der Waals surface area contributed by atoms with E-state index < -0.39 is 0 Å². The molecule has 4 nitrogen and oxygen atoms in total. The number of imidazole rings is 1. The van der Waals surface area contributed by atoms with Crippen LogP contribution in [0.2, 0.25) is 20.1 Å². The van der Waals surface area contributed by atoms with Gasteiger partial charge in [-0.25, -0.2) is 9.13 Å². The summed E-state index contributed by atoms with van der Waals surface area (Å²) in [7, 11) is 0. The van der Waals surface area contributed by atoms with Gasteiger partial charge >= 0.3 is 0 Å². The number of hydrogen-bond acceptors (Lipinski definition) is 2. The molecule has 4 aromatic rings. The minimum absolute atomic E-state index is 0. The Bertz CT molecular complexity index is 1280. The number of benzene rings is 3. The van der Waals surface area contributed by atoms with Crippen molar-refractivity contribution in [2.45, 2.75) is 32.7 Å². The van der Waals surface area contributed by atoms with Gasteiger partial charge in [-0.2, -0.15) is 0 Å². The van der Waals surface area contributed by atoms with Gasteiger partial charge in [0.2, 0.25) is 6.33 Å². The van der Waals surface area contributed by atoms with Crippen LogP contribution in [0.4, 0.5) is 0 Å². The molecule has 0 fully saturated rings. The van der Waals surface area contributed by atoms with E-state index in [1.54, 1.807) is 18.2 Å². The number of hydrogen-bond donors (Lipinski definition) is 0. The smallest absolute Gasteiger partial charge is 0.243 e. The number of rotatable bonds is 10. The maximum absolute atomic E-state index is 6.53. The van der Waals surface area contributed by atoms with Crippen molar-refractivity contribution >= 4 is 46.4 Å². The lowest BCUT2D eigenvalue weighted by Gasteiger charge is -2.19. The molecule has 0 spiro atoms. The Morgan fingerprint density at radius 1 is 0.889 bits per heavy atom. The molecule has 36 heavy (non-hydrogen) atoms. The first-order valence-corrected chi connectivity index (χ1v) is 12.6. The van der Waals surface area contributed by atoms with E-state index in [-0.39, 0.29) is 23.1 Å². The minimum atomic E-state index is -0.323. The number of nitrogens with zero attached hydrogens (tertiary/aromatic N) is 2. The number of halogens is 5. The topological polar surface area (TPSA) is 27.3 Å². The van der Waals surface area contributed by atoms with Crippen molar-refractivity contribution in [2.24, 2.45) is 0 Å². The lowest BCUT2D eigenvalue weighted by atomic mass is 10.1. The van der Waals surface area contributed by atoms with Crippen molar-refractivity contribution in [3.8, 4) is 5.75 Å². The molecule has 190 valence electrons. The largest absolute Gasteiger partial charge is 1.00 e. The van der Waals surface area contributed by atoms with E-state index in [1.807, 2.05) is 61.2 Å². The summed E-state index contributed by atoms with van der Waals surface area (Å²) in [5, 5.41) is 2.27. The monoisotopic (exact) mass is 628 g/mol. The van der Waals surface area contributed by atoms with E-state index in [0.29, 0.717) is 46.4 Å². The summed E-state index contributed by atoms with van der Waals surface area (Å²) in [6, 6.07) is 18.8. The second-order valence-electron chi connectivity index (χ2n) is 8.21. The molecule has 1 heterocycles. The first-order chi connectivity index (χ1) is 16.9. The minimum Gasteiger partial charge on any atom is -1.00 e. The Morgan fingerprint density at radius 2 is 1.58 bits per heavy atom. The maximum Gasteiger partial charge on any atom is 0.243 e. The van der Waals surface area contributed by atoms with E-state index in [1.165, 1.54) is 5.56 Å². The lowest BCUT2D eigenvalue weighted by molar-refractivity contribution is -0.704. The Hall–Kier alpha value is -1.73. The summed E-state index contributed by atoms with van der Waals surface area (Å²) < 4.78 is 16.3. The summed E-state index contributed by atoms with van der Waals surface area (Å²) in [4.78, 5) is 0. The van der Waals surface area contributed by atoms with Crippen molar-refractivity contribution in [2.75, 3.05) is 6.61 Å². The lowest BCUT2D eigenvalue weighted by Crippen LogP contribution is -3.00. The van der Waals surface area contributed by atoms with Gasteiger partial charge in [0.15, 0.2) is 0 Å². The fourth-order valence-corrected chi connectivity index (χ4v) is 4.60. The van der Waals surface area contributed by atoms with Crippen LogP contribution in [0.3, 0.4) is 0 Å². The van der Waals surface area contributed by atoms with E-state index in [0.717, 1.165) is 16.9 Å². The van der Waals surface area contributed by atoms with Gasteiger partial charge in [-0.05, 0) is 48.9 Å². The summed E-state index contributed by atoms with van der Waals surface area (Å²) in [5.41, 5.74) is 2.91. The SMILES string of the molecule is Cc1ccc(OCCn2cc[n+](CC(OCc3ccc(Cl)cc3Cl)c3ccc(Cl)cc3Cl)c2)cc1.[Br-]. The molecule has 0 aliphatic rings. The third kappa shape index (κ3) is 8.14. The highest BCUT2D eigenvalue weighted by molar-refractivity contribution is 6.35. The van der Waals surface area contributed by atoms with E-state index in [2.05, 4.69) is 16.1 Å². The van der Waals surface area contributed by atoms with Crippen molar-refractivity contribution < 1.29 is 31.0 Å². The number of aryl methyl sites for hydroxylation is 1. The van der Waals surface area contributed by atoms with Crippen molar-refractivity contribution in [1.82, 2.24) is 4.57 Å². The molecule has 1 unspecified atom stereocenters. The molecule has 1 atom stereocenters. The Labute approximate surface area is 242 Å². The van der Waals surface area contributed by atoms with Crippen LogP contribution in [0.25, 0.3) is 0 Å². The Kier molecular flexibility index (Phi) is 11.0. The molecule has 9 heteroatoms. The average molecular weight is 631 g/mol. The maximum atomic E-state index is 6.53. The van der Waals surface area contributed by atoms with Crippen molar-refractivity contribution in [3.05, 3.63) is 116 Å². The molecule has 0 radical (unpaired) electrons. The first-order valence-electron chi connectivity index (χ1n) is 11.1. The molecule has 3 aromatic carbocycles. The van der Waals surface area contributed by atoms with Crippen LogP contribution in [-0.4, -0.2) is 11.2 Å². The van der Waals surface area contributed by atoms with Crippen LogP contribution in [0.1, 0.15) is 22.8 Å². The summed E-state index contributed by atoms with van der Waals surface area (Å²) in [6.45, 7) is 4.20. The number of aromatic nitrogens is 2.